The fraction of sp³-hybridized carbons (Fsp3) is 0.600. The third-order valence-corrected chi connectivity index (χ3v) is 3.24. The van der Waals surface area contributed by atoms with Crippen molar-refractivity contribution in [2.45, 2.75) is 59.0 Å². The summed E-state index contributed by atoms with van der Waals surface area (Å²) in [6, 6.07) is 1.28. The van der Waals surface area contributed by atoms with E-state index in [1.54, 1.807) is 6.92 Å². The lowest BCUT2D eigenvalue weighted by atomic mass is 10.1. The highest BCUT2D eigenvalue weighted by molar-refractivity contribution is 5.88. The van der Waals surface area contributed by atoms with Crippen LogP contribution in [-0.4, -0.2) is 23.1 Å². The SMILES string of the molecule is CCCCCC(C)NC(=O)NCc1cc(C(=O)O)c(C)o1. The number of amides is 2. The van der Waals surface area contributed by atoms with Gasteiger partial charge in [0.25, 0.3) is 0 Å². The minimum absolute atomic E-state index is 0.115. The van der Waals surface area contributed by atoms with Crippen LogP contribution in [0.3, 0.4) is 0 Å². The second-order valence-corrected chi connectivity index (χ2v) is 5.21. The van der Waals surface area contributed by atoms with E-state index < -0.39 is 5.97 Å². The zero-order chi connectivity index (χ0) is 15.8. The maximum absolute atomic E-state index is 11.7. The van der Waals surface area contributed by atoms with E-state index >= 15 is 0 Å². The first-order valence-electron chi connectivity index (χ1n) is 7.31. The number of carboxylic acids is 1. The molecule has 1 aromatic heterocycles. The molecular formula is C15H24N2O4. The molecule has 1 rings (SSSR count). The molecule has 0 spiro atoms. The van der Waals surface area contributed by atoms with Crippen molar-refractivity contribution >= 4 is 12.0 Å². The van der Waals surface area contributed by atoms with Gasteiger partial charge in [0.15, 0.2) is 0 Å². The van der Waals surface area contributed by atoms with Crippen molar-refractivity contribution in [3.05, 3.63) is 23.2 Å². The van der Waals surface area contributed by atoms with Crippen molar-refractivity contribution in [2.24, 2.45) is 0 Å². The second kappa shape index (κ2) is 8.34. The maximum atomic E-state index is 11.7. The van der Waals surface area contributed by atoms with Crippen LogP contribution in [0.4, 0.5) is 4.79 Å². The van der Waals surface area contributed by atoms with Crippen LogP contribution in [0.15, 0.2) is 10.5 Å². The predicted octanol–water partition coefficient (Wildman–Crippen LogP) is 3.05. The van der Waals surface area contributed by atoms with Crippen molar-refractivity contribution in [1.29, 1.82) is 0 Å². The topological polar surface area (TPSA) is 91.6 Å². The zero-order valence-electron chi connectivity index (χ0n) is 12.9. The van der Waals surface area contributed by atoms with Gasteiger partial charge in [-0.05, 0) is 26.3 Å². The summed E-state index contributed by atoms with van der Waals surface area (Å²) < 4.78 is 5.29. The van der Waals surface area contributed by atoms with Gasteiger partial charge in [0, 0.05) is 6.04 Å². The Morgan fingerprint density at radius 3 is 2.67 bits per heavy atom. The molecule has 1 atom stereocenters. The van der Waals surface area contributed by atoms with E-state index in [9.17, 15) is 9.59 Å². The van der Waals surface area contributed by atoms with Crippen LogP contribution in [0.2, 0.25) is 0 Å². The Labute approximate surface area is 124 Å². The molecule has 0 aliphatic rings. The van der Waals surface area contributed by atoms with Gasteiger partial charge in [-0.25, -0.2) is 9.59 Å². The highest BCUT2D eigenvalue weighted by atomic mass is 16.4. The number of nitrogens with one attached hydrogen (secondary N) is 2. The molecule has 0 fully saturated rings. The fourth-order valence-corrected chi connectivity index (χ4v) is 2.06. The highest BCUT2D eigenvalue weighted by Gasteiger charge is 2.14. The number of carboxylic acid groups (broad SMARTS) is 1. The Morgan fingerprint density at radius 1 is 1.38 bits per heavy atom. The van der Waals surface area contributed by atoms with Gasteiger partial charge in [-0.1, -0.05) is 26.2 Å². The molecule has 0 saturated heterocycles. The summed E-state index contributed by atoms with van der Waals surface area (Å²) in [4.78, 5) is 22.6. The number of aromatic carboxylic acids is 1. The molecule has 0 aromatic carbocycles. The summed E-state index contributed by atoms with van der Waals surface area (Å²) in [7, 11) is 0. The number of furan rings is 1. The molecule has 1 aromatic rings. The number of hydrogen-bond acceptors (Lipinski definition) is 3. The van der Waals surface area contributed by atoms with Crippen molar-refractivity contribution in [3.63, 3.8) is 0 Å². The van der Waals surface area contributed by atoms with Crippen LogP contribution in [0, 0.1) is 6.92 Å². The molecule has 0 radical (unpaired) electrons. The third-order valence-electron chi connectivity index (χ3n) is 3.24. The van der Waals surface area contributed by atoms with Gasteiger partial charge in [0.1, 0.15) is 17.1 Å². The van der Waals surface area contributed by atoms with Crippen LogP contribution < -0.4 is 10.6 Å². The Morgan fingerprint density at radius 2 is 2.10 bits per heavy atom. The van der Waals surface area contributed by atoms with Crippen LogP contribution >= 0.6 is 0 Å². The molecule has 0 aliphatic heterocycles. The summed E-state index contributed by atoms with van der Waals surface area (Å²) in [5.74, 6) is -0.261. The van der Waals surface area contributed by atoms with Gasteiger partial charge in [-0.15, -0.1) is 0 Å². The number of carbonyl (C=O) groups excluding carboxylic acids is 1. The molecular weight excluding hydrogens is 272 g/mol. The third kappa shape index (κ3) is 5.89. The Balaban J connectivity index is 2.36. The van der Waals surface area contributed by atoms with Crippen molar-refractivity contribution < 1.29 is 19.1 Å². The first-order valence-corrected chi connectivity index (χ1v) is 7.31. The highest BCUT2D eigenvalue weighted by Crippen LogP contribution is 2.14. The van der Waals surface area contributed by atoms with Crippen molar-refractivity contribution in [2.75, 3.05) is 0 Å². The van der Waals surface area contributed by atoms with Gasteiger partial charge in [-0.3, -0.25) is 0 Å². The lowest BCUT2D eigenvalue weighted by molar-refractivity contribution is 0.0695. The molecule has 1 heterocycles. The monoisotopic (exact) mass is 296 g/mol. The molecule has 0 bridgehead atoms. The van der Waals surface area contributed by atoms with E-state index in [4.69, 9.17) is 9.52 Å². The first kappa shape index (κ1) is 17.1. The smallest absolute Gasteiger partial charge is 0.339 e. The average Bonchev–Trinajstić information content (AvgIpc) is 2.78. The van der Waals surface area contributed by atoms with E-state index in [1.165, 1.54) is 6.07 Å². The molecule has 6 nitrogen and oxygen atoms in total. The van der Waals surface area contributed by atoms with Crippen LogP contribution in [-0.2, 0) is 6.54 Å². The van der Waals surface area contributed by atoms with Gasteiger partial charge < -0.3 is 20.2 Å². The van der Waals surface area contributed by atoms with E-state index in [1.807, 2.05) is 6.92 Å². The molecule has 118 valence electrons. The predicted molar refractivity (Wildman–Crippen MR) is 79.4 cm³/mol. The number of rotatable bonds is 8. The van der Waals surface area contributed by atoms with Crippen molar-refractivity contribution in [1.82, 2.24) is 10.6 Å². The normalized spacial score (nSPS) is 12.0. The van der Waals surface area contributed by atoms with Gasteiger partial charge in [-0.2, -0.15) is 0 Å². The van der Waals surface area contributed by atoms with Gasteiger partial charge in [0.2, 0.25) is 0 Å². The maximum Gasteiger partial charge on any atom is 0.339 e. The zero-order valence-corrected chi connectivity index (χ0v) is 12.9. The Kier molecular flexibility index (Phi) is 6.78. The largest absolute Gasteiger partial charge is 0.478 e. The molecule has 0 aliphatic carbocycles. The van der Waals surface area contributed by atoms with Crippen LogP contribution in [0.1, 0.15) is 61.4 Å². The van der Waals surface area contributed by atoms with E-state index in [0.29, 0.717) is 11.5 Å². The first-order chi connectivity index (χ1) is 9.93. The van der Waals surface area contributed by atoms with E-state index in [2.05, 4.69) is 17.6 Å². The van der Waals surface area contributed by atoms with E-state index in [-0.39, 0.29) is 24.2 Å². The van der Waals surface area contributed by atoms with Gasteiger partial charge in [0.05, 0.1) is 6.54 Å². The fourth-order valence-electron chi connectivity index (χ4n) is 2.06. The van der Waals surface area contributed by atoms with E-state index in [0.717, 1.165) is 25.7 Å². The van der Waals surface area contributed by atoms with Crippen molar-refractivity contribution in [3.8, 4) is 0 Å². The molecule has 3 N–H and O–H groups in total. The Bertz CT molecular complexity index is 482. The summed E-state index contributed by atoms with van der Waals surface area (Å²) in [6.07, 6.45) is 4.36. The number of hydrogen-bond donors (Lipinski definition) is 3. The lowest BCUT2D eigenvalue weighted by Crippen LogP contribution is -2.40. The second-order valence-electron chi connectivity index (χ2n) is 5.21. The number of unbranched alkanes of at least 4 members (excludes halogenated alkanes) is 2. The molecule has 21 heavy (non-hydrogen) atoms. The number of carbonyl (C=O) groups is 2. The quantitative estimate of drug-likeness (QED) is 0.643. The summed E-state index contributed by atoms with van der Waals surface area (Å²) >= 11 is 0. The number of urea groups is 1. The molecule has 0 saturated carbocycles. The van der Waals surface area contributed by atoms with Gasteiger partial charge >= 0.3 is 12.0 Å². The van der Waals surface area contributed by atoms with Crippen LogP contribution in [0.5, 0.6) is 0 Å². The Hall–Kier alpha value is -1.98. The molecule has 2 amide bonds. The molecule has 6 heteroatoms. The summed E-state index contributed by atoms with van der Waals surface area (Å²) in [5.41, 5.74) is 0.125. The lowest BCUT2D eigenvalue weighted by Gasteiger charge is -2.13. The minimum atomic E-state index is -1.03. The summed E-state index contributed by atoms with van der Waals surface area (Å²) in [5, 5.41) is 14.4. The number of aryl methyl sites for hydroxylation is 1. The van der Waals surface area contributed by atoms with Crippen LogP contribution in [0.25, 0.3) is 0 Å². The minimum Gasteiger partial charge on any atom is -0.478 e. The summed E-state index contributed by atoms with van der Waals surface area (Å²) in [6.45, 7) is 5.86. The average molecular weight is 296 g/mol. The standard InChI is InChI=1S/C15H24N2O4/c1-4-5-6-7-10(2)17-15(20)16-9-12-8-13(14(18)19)11(3)21-12/h8,10H,4-7,9H2,1-3H3,(H,18,19)(H2,16,17,20). The molecule has 1 unspecified atom stereocenters.